The van der Waals surface area contributed by atoms with Gasteiger partial charge >= 0.3 is 0 Å². The molecule has 0 saturated carbocycles. The number of hydrogen-bond donors (Lipinski definition) is 1. The van der Waals surface area contributed by atoms with Crippen molar-refractivity contribution < 1.29 is 4.39 Å². The summed E-state index contributed by atoms with van der Waals surface area (Å²) in [5.74, 6) is 0.206. The van der Waals surface area contributed by atoms with Crippen LogP contribution in [0, 0.1) is 5.82 Å². The fourth-order valence-corrected chi connectivity index (χ4v) is 1.94. The molecule has 5 heteroatoms. The summed E-state index contributed by atoms with van der Waals surface area (Å²) in [6.45, 7) is 0. The molecule has 84 valence electrons. The van der Waals surface area contributed by atoms with E-state index in [0.717, 1.165) is 10.9 Å². The molecule has 0 unspecified atom stereocenters. The molecule has 0 saturated heterocycles. The molecule has 1 N–H and O–H groups in total. The third kappa shape index (κ3) is 1.66. The molecule has 3 rings (SSSR count). The van der Waals surface area contributed by atoms with Crippen molar-refractivity contribution in [2.75, 3.05) is 0 Å². The predicted octanol–water partition coefficient (Wildman–Crippen LogP) is 3.42. The Labute approximate surface area is 101 Å². The van der Waals surface area contributed by atoms with Crippen LogP contribution >= 0.6 is 11.6 Å². The summed E-state index contributed by atoms with van der Waals surface area (Å²) in [5.41, 5.74) is 0.755. The molecular weight excluding hydrogens is 241 g/mol. The summed E-state index contributed by atoms with van der Waals surface area (Å²) in [5, 5.41) is 8.06. The van der Waals surface area contributed by atoms with Gasteiger partial charge in [0.05, 0.1) is 0 Å². The highest BCUT2D eigenvalue weighted by atomic mass is 35.5. The van der Waals surface area contributed by atoms with Gasteiger partial charge < -0.3 is 0 Å². The monoisotopic (exact) mass is 247 g/mol. The number of aromatic amines is 1. The number of rotatable bonds is 1. The number of benzene rings is 2. The van der Waals surface area contributed by atoms with Gasteiger partial charge in [0.15, 0.2) is 5.82 Å². The lowest BCUT2D eigenvalue weighted by atomic mass is 10.0. The van der Waals surface area contributed by atoms with Crippen LogP contribution in [-0.4, -0.2) is 15.2 Å². The second kappa shape index (κ2) is 3.82. The van der Waals surface area contributed by atoms with Crippen LogP contribution in [0.25, 0.3) is 22.2 Å². The summed E-state index contributed by atoms with van der Waals surface area (Å²) < 4.78 is 13.6. The van der Waals surface area contributed by atoms with Crippen LogP contribution in [0.2, 0.25) is 5.28 Å². The largest absolute Gasteiger partial charge is 0.249 e. The molecule has 3 aromatic rings. The Balaban J connectivity index is 2.34. The molecule has 0 amide bonds. The zero-order chi connectivity index (χ0) is 11.8. The number of nitrogens with one attached hydrogen (secondary N) is 1. The maximum Gasteiger partial charge on any atom is 0.218 e. The first-order valence-corrected chi connectivity index (χ1v) is 5.39. The number of H-pyrrole nitrogens is 1. The molecule has 2 aromatic carbocycles. The fourth-order valence-electron chi connectivity index (χ4n) is 1.82. The molecule has 0 fully saturated rings. The Morgan fingerprint density at radius 3 is 2.53 bits per heavy atom. The Hall–Kier alpha value is -1.94. The minimum Gasteiger partial charge on any atom is -0.249 e. The minimum absolute atomic E-state index is 0.216. The lowest BCUT2D eigenvalue weighted by Gasteiger charge is -2.03. The van der Waals surface area contributed by atoms with E-state index in [1.807, 2.05) is 12.1 Å². The summed E-state index contributed by atoms with van der Waals surface area (Å²) >= 11 is 5.69. The third-order valence-electron chi connectivity index (χ3n) is 2.57. The van der Waals surface area contributed by atoms with Gasteiger partial charge in [-0.3, -0.25) is 0 Å². The van der Waals surface area contributed by atoms with Crippen LogP contribution < -0.4 is 0 Å². The van der Waals surface area contributed by atoms with Crippen LogP contribution in [0.5, 0.6) is 0 Å². The number of nitrogens with zero attached hydrogens (tertiary/aromatic N) is 2. The normalized spacial score (nSPS) is 10.9. The average Bonchev–Trinajstić information content (AvgIpc) is 2.77. The molecule has 0 spiro atoms. The van der Waals surface area contributed by atoms with Gasteiger partial charge in [-0.05, 0) is 29.1 Å². The lowest BCUT2D eigenvalue weighted by molar-refractivity contribution is 0.640. The highest BCUT2D eigenvalue weighted by Gasteiger charge is 2.10. The number of fused-ring (bicyclic) bond motifs is 1. The van der Waals surface area contributed by atoms with Crippen LogP contribution in [-0.2, 0) is 0 Å². The van der Waals surface area contributed by atoms with E-state index in [9.17, 15) is 4.39 Å². The van der Waals surface area contributed by atoms with E-state index < -0.39 is 0 Å². The molecule has 1 aromatic heterocycles. The quantitative estimate of drug-likeness (QED) is 0.716. The van der Waals surface area contributed by atoms with Gasteiger partial charge in [0.2, 0.25) is 5.28 Å². The van der Waals surface area contributed by atoms with Crippen molar-refractivity contribution in [1.29, 1.82) is 0 Å². The molecule has 0 aliphatic rings. The first-order chi connectivity index (χ1) is 8.25. The number of aromatic nitrogens is 3. The minimum atomic E-state index is -0.258. The Morgan fingerprint density at radius 2 is 1.82 bits per heavy atom. The zero-order valence-electron chi connectivity index (χ0n) is 8.61. The van der Waals surface area contributed by atoms with Crippen molar-refractivity contribution in [1.82, 2.24) is 15.2 Å². The summed E-state index contributed by atoms with van der Waals surface area (Å²) in [6.07, 6.45) is 0. The fraction of sp³-hybridized carbons (Fsp3) is 0. The van der Waals surface area contributed by atoms with Crippen LogP contribution in [0.1, 0.15) is 0 Å². The molecular formula is C12H7ClFN3. The number of hydrogen-bond acceptors (Lipinski definition) is 2. The van der Waals surface area contributed by atoms with E-state index >= 15 is 0 Å². The molecule has 0 aliphatic carbocycles. The Morgan fingerprint density at radius 1 is 1.06 bits per heavy atom. The highest BCUT2D eigenvalue weighted by molar-refractivity contribution is 6.28. The van der Waals surface area contributed by atoms with E-state index in [-0.39, 0.29) is 11.1 Å². The molecule has 3 nitrogen and oxygen atoms in total. The molecule has 17 heavy (non-hydrogen) atoms. The topological polar surface area (TPSA) is 41.6 Å². The summed E-state index contributed by atoms with van der Waals surface area (Å²) in [6, 6.07) is 10.2. The van der Waals surface area contributed by atoms with Gasteiger partial charge in [0.1, 0.15) is 5.82 Å². The molecule has 1 heterocycles. The summed E-state index contributed by atoms with van der Waals surface area (Å²) in [7, 11) is 0. The lowest BCUT2D eigenvalue weighted by Crippen LogP contribution is -1.86. The van der Waals surface area contributed by atoms with E-state index in [1.54, 1.807) is 18.2 Å². The van der Waals surface area contributed by atoms with Crippen LogP contribution in [0.4, 0.5) is 4.39 Å². The maximum absolute atomic E-state index is 13.6. The van der Waals surface area contributed by atoms with Crippen molar-refractivity contribution >= 4 is 22.4 Å². The van der Waals surface area contributed by atoms with Gasteiger partial charge in [0, 0.05) is 10.9 Å². The van der Waals surface area contributed by atoms with Crippen molar-refractivity contribution in [2.45, 2.75) is 0 Å². The van der Waals surface area contributed by atoms with Gasteiger partial charge in [-0.1, -0.05) is 24.3 Å². The van der Waals surface area contributed by atoms with Crippen molar-refractivity contribution in [3.05, 3.63) is 47.5 Å². The second-order valence-corrected chi connectivity index (χ2v) is 3.95. The van der Waals surface area contributed by atoms with Crippen molar-refractivity contribution in [2.24, 2.45) is 0 Å². The second-order valence-electron chi connectivity index (χ2n) is 3.59. The van der Waals surface area contributed by atoms with Crippen LogP contribution in [0.3, 0.4) is 0 Å². The SMILES string of the molecule is Fc1ccc(-c2n[nH]c(Cl)n2)c2ccccc12. The van der Waals surface area contributed by atoms with E-state index in [1.165, 1.54) is 6.07 Å². The maximum atomic E-state index is 13.6. The van der Waals surface area contributed by atoms with Gasteiger partial charge in [-0.25, -0.2) is 9.49 Å². The van der Waals surface area contributed by atoms with Crippen LogP contribution in [0.15, 0.2) is 36.4 Å². The van der Waals surface area contributed by atoms with E-state index in [4.69, 9.17) is 11.6 Å². The average molecular weight is 248 g/mol. The molecule has 0 aliphatic heterocycles. The zero-order valence-corrected chi connectivity index (χ0v) is 9.37. The van der Waals surface area contributed by atoms with Crippen molar-refractivity contribution in [3.63, 3.8) is 0 Å². The number of halogens is 2. The van der Waals surface area contributed by atoms with E-state index in [2.05, 4.69) is 15.2 Å². The third-order valence-corrected chi connectivity index (χ3v) is 2.74. The molecule has 0 bridgehead atoms. The van der Waals surface area contributed by atoms with Gasteiger partial charge in [-0.15, -0.1) is 0 Å². The van der Waals surface area contributed by atoms with Gasteiger partial charge in [0.25, 0.3) is 0 Å². The highest BCUT2D eigenvalue weighted by Crippen LogP contribution is 2.28. The van der Waals surface area contributed by atoms with E-state index in [0.29, 0.717) is 11.2 Å². The Bertz CT molecular complexity index is 693. The molecule has 0 atom stereocenters. The first-order valence-electron chi connectivity index (χ1n) is 5.01. The summed E-state index contributed by atoms with van der Waals surface area (Å²) in [4.78, 5) is 4.04. The predicted molar refractivity (Wildman–Crippen MR) is 64.3 cm³/mol. The Kier molecular flexibility index (Phi) is 2.30. The smallest absolute Gasteiger partial charge is 0.218 e. The van der Waals surface area contributed by atoms with Crippen molar-refractivity contribution in [3.8, 4) is 11.4 Å². The van der Waals surface area contributed by atoms with Gasteiger partial charge in [-0.2, -0.15) is 10.1 Å². The first kappa shape index (κ1) is 10.2. The standard InChI is InChI=1S/C12H7ClFN3/c13-12-15-11(16-17-12)9-5-6-10(14)8-4-2-1-3-7(8)9/h1-6H,(H,15,16,17). The molecule has 0 radical (unpaired) electrons.